The van der Waals surface area contributed by atoms with Crippen LogP contribution in [0.4, 0.5) is 13.2 Å². The Morgan fingerprint density at radius 2 is 1.85 bits per heavy atom. The van der Waals surface area contributed by atoms with Crippen LogP contribution in [0.2, 0.25) is 0 Å². The van der Waals surface area contributed by atoms with Gasteiger partial charge in [0.1, 0.15) is 35.4 Å². The van der Waals surface area contributed by atoms with E-state index >= 15 is 0 Å². The van der Waals surface area contributed by atoms with Gasteiger partial charge in [-0.2, -0.15) is 13.2 Å². The van der Waals surface area contributed by atoms with E-state index in [1.54, 1.807) is 13.0 Å². The average Bonchev–Trinajstić information content (AvgIpc) is 3.97. The van der Waals surface area contributed by atoms with Crippen LogP contribution in [0.1, 0.15) is 88.8 Å². The number of amides is 4. The van der Waals surface area contributed by atoms with E-state index in [1.807, 2.05) is 37.3 Å². The number of alkyl halides is 3. The summed E-state index contributed by atoms with van der Waals surface area (Å²) < 4.78 is 73.7. The molecule has 286 valence electrons. The summed E-state index contributed by atoms with van der Waals surface area (Å²) >= 11 is 0. The topological polar surface area (TPSA) is 164 Å². The maximum Gasteiger partial charge on any atom is 0.397 e. The van der Waals surface area contributed by atoms with Crippen LogP contribution >= 0.6 is 0 Å². The van der Waals surface area contributed by atoms with Crippen LogP contribution in [0.3, 0.4) is 0 Å². The molecule has 2 saturated carbocycles. The third kappa shape index (κ3) is 7.22. The van der Waals surface area contributed by atoms with Gasteiger partial charge < -0.3 is 20.3 Å². The van der Waals surface area contributed by atoms with Crippen molar-refractivity contribution in [1.29, 1.82) is 0 Å². The molecule has 2 aliphatic carbocycles. The summed E-state index contributed by atoms with van der Waals surface area (Å²) in [7, 11) is -4.04. The van der Waals surface area contributed by atoms with Gasteiger partial charge in [-0.3, -0.25) is 23.9 Å². The van der Waals surface area contributed by atoms with Crippen LogP contribution in [-0.4, -0.2) is 82.6 Å². The fraction of sp³-hybridized carbons (Fsp3) is 0.595. The lowest BCUT2D eigenvalue weighted by Gasteiger charge is -2.36. The molecule has 5 aliphatic rings. The number of pyridine rings is 1. The standard InChI is InChI=1S/C37H44F3N5O7S/c1-22-30-25(24-11-8-9-12-26(24)41-22)14-15-35(52-30)19-28-31(47)43-36(33(49)44-53(50,51)34(2)16-17-34)18-23(36)10-6-4-3-5-7-13-27(32(48)45(28)21-35)42-29(46)20-37(38,39)40/h6,8-12,23,27-28H,3-5,7,13-21H2,1-2H3,(H,42,46)(H,43,47)(H,44,49)/t23-,27+,28+,35-,36-/m1/s1. The normalized spacial score (nSPS) is 29.8. The lowest BCUT2D eigenvalue weighted by atomic mass is 9.87. The molecule has 3 aliphatic heterocycles. The Labute approximate surface area is 305 Å². The van der Waals surface area contributed by atoms with E-state index in [2.05, 4.69) is 15.4 Å². The van der Waals surface area contributed by atoms with Crippen LogP contribution in [0.5, 0.6) is 5.75 Å². The van der Waals surface area contributed by atoms with Gasteiger partial charge in [-0.1, -0.05) is 43.2 Å². The fourth-order valence-corrected chi connectivity index (χ4v) is 9.38. The van der Waals surface area contributed by atoms with Crippen LogP contribution in [-0.2, 0) is 35.6 Å². The van der Waals surface area contributed by atoms with Gasteiger partial charge in [-0.25, -0.2) is 13.4 Å². The molecule has 4 amide bonds. The highest BCUT2D eigenvalue weighted by Gasteiger charge is 2.64. The lowest BCUT2D eigenvalue weighted by molar-refractivity contribution is -0.156. The van der Waals surface area contributed by atoms with Crippen molar-refractivity contribution in [3.63, 3.8) is 0 Å². The molecule has 1 aromatic carbocycles. The van der Waals surface area contributed by atoms with E-state index in [9.17, 15) is 40.8 Å². The molecule has 3 N–H and O–H groups in total. The van der Waals surface area contributed by atoms with Crippen molar-refractivity contribution in [3.05, 3.63) is 47.7 Å². The monoisotopic (exact) mass is 759 g/mol. The molecule has 53 heavy (non-hydrogen) atoms. The number of aromatic nitrogens is 1. The van der Waals surface area contributed by atoms with E-state index in [4.69, 9.17) is 9.72 Å². The number of rotatable bonds is 5. The third-order valence-electron chi connectivity index (χ3n) is 11.6. The first-order valence-electron chi connectivity index (χ1n) is 18.2. The number of fused-ring (bicyclic) bond motifs is 5. The van der Waals surface area contributed by atoms with E-state index in [-0.39, 0.29) is 25.8 Å². The minimum atomic E-state index is -4.79. The van der Waals surface area contributed by atoms with Crippen molar-refractivity contribution >= 4 is 44.6 Å². The van der Waals surface area contributed by atoms with Crippen LogP contribution in [0.25, 0.3) is 10.9 Å². The second-order valence-corrected chi connectivity index (χ2v) is 17.8. The van der Waals surface area contributed by atoms with Gasteiger partial charge in [0.15, 0.2) is 0 Å². The van der Waals surface area contributed by atoms with E-state index in [1.165, 1.54) is 4.90 Å². The Balaban J connectivity index is 1.23. The highest BCUT2D eigenvalue weighted by Crippen LogP contribution is 2.49. The zero-order chi connectivity index (χ0) is 38.0. The van der Waals surface area contributed by atoms with Gasteiger partial charge in [0.05, 0.1) is 22.5 Å². The zero-order valence-corrected chi connectivity index (χ0v) is 30.5. The Morgan fingerprint density at radius 1 is 1.09 bits per heavy atom. The summed E-state index contributed by atoms with van der Waals surface area (Å²) in [4.78, 5) is 61.3. The molecule has 7 rings (SSSR count). The Kier molecular flexibility index (Phi) is 9.29. The summed E-state index contributed by atoms with van der Waals surface area (Å²) in [5.74, 6) is -3.66. The first-order valence-corrected chi connectivity index (χ1v) is 19.7. The predicted octanol–water partition coefficient (Wildman–Crippen LogP) is 4.04. The third-order valence-corrected chi connectivity index (χ3v) is 13.7. The number of hydrogen-bond donors (Lipinski definition) is 3. The molecule has 1 aromatic heterocycles. The Morgan fingerprint density at radius 3 is 2.58 bits per heavy atom. The predicted molar refractivity (Wildman–Crippen MR) is 187 cm³/mol. The van der Waals surface area contributed by atoms with Crippen molar-refractivity contribution in [1.82, 2.24) is 25.2 Å². The maximum atomic E-state index is 14.5. The number of benzene rings is 1. The summed E-state index contributed by atoms with van der Waals surface area (Å²) in [6.45, 7) is 3.24. The summed E-state index contributed by atoms with van der Waals surface area (Å²) in [6.07, 6.45) is 1.22. The Hall–Kier alpha value is -4.21. The number of hydrogen-bond acceptors (Lipinski definition) is 8. The molecule has 0 bridgehead atoms. The van der Waals surface area contributed by atoms with Gasteiger partial charge in [-0.15, -0.1) is 0 Å². The van der Waals surface area contributed by atoms with Crippen LogP contribution in [0, 0.1) is 12.8 Å². The highest BCUT2D eigenvalue weighted by atomic mass is 32.2. The van der Waals surface area contributed by atoms with E-state index in [0.29, 0.717) is 62.8 Å². The average molecular weight is 760 g/mol. The number of carbonyl (C=O) groups excluding carboxylic acids is 4. The van der Waals surface area contributed by atoms with Crippen molar-refractivity contribution in [3.8, 4) is 5.75 Å². The number of halogens is 3. The molecule has 12 nitrogen and oxygen atoms in total. The number of nitrogens with one attached hydrogen (secondary N) is 3. The number of sulfonamides is 1. The lowest BCUT2D eigenvalue weighted by Crippen LogP contribution is -2.58. The maximum absolute atomic E-state index is 14.5. The van der Waals surface area contributed by atoms with Crippen LogP contribution < -0.4 is 20.1 Å². The minimum absolute atomic E-state index is 0.0198. The molecule has 5 atom stereocenters. The first-order chi connectivity index (χ1) is 24.9. The summed E-state index contributed by atoms with van der Waals surface area (Å²) in [5.41, 5.74) is -0.359. The molecular weight excluding hydrogens is 715 g/mol. The molecule has 0 radical (unpaired) electrons. The van der Waals surface area contributed by atoms with Gasteiger partial charge in [0, 0.05) is 23.3 Å². The number of nitrogens with zero attached hydrogens (tertiary/aromatic N) is 2. The Bertz CT molecular complexity index is 2000. The first kappa shape index (κ1) is 37.1. The molecule has 2 aromatic rings. The molecule has 3 fully saturated rings. The quantitative estimate of drug-likeness (QED) is 0.385. The zero-order valence-electron chi connectivity index (χ0n) is 29.7. The summed E-state index contributed by atoms with van der Waals surface area (Å²) in [6, 6.07) is 5.03. The largest absolute Gasteiger partial charge is 0.483 e. The molecule has 0 unspecified atom stereocenters. The molecule has 1 spiro atoms. The highest BCUT2D eigenvalue weighted by molar-refractivity contribution is 7.91. The van der Waals surface area contributed by atoms with Gasteiger partial charge in [0.2, 0.25) is 27.7 Å². The molecule has 16 heteroatoms. The number of ether oxygens (including phenoxy) is 1. The molecular formula is C37H44F3N5O7S. The fourth-order valence-electron chi connectivity index (χ4n) is 8.07. The number of allylic oxidation sites excluding steroid dienone is 1. The number of para-hydroxylation sites is 1. The van der Waals surface area contributed by atoms with Crippen molar-refractivity contribution in [2.24, 2.45) is 5.92 Å². The number of carbonyl (C=O) groups is 4. The smallest absolute Gasteiger partial charge is 0.397 e. The van der Waals surface area contributed by atoms with Crippen molar-refractivity contribution < 1.29 is 45.5 Å². The minimum Gasteiger partial charge on any atom is -0.483 e. The number of aryl methyl sites for hydroxylation is 2. The molecule has 1 saturated heterocycles. The van der Waals surface area contributed by atoms with Gasteiger partial charge in [-0.05, 0) is 71.3 Å². The van der Waals surface area contributed by atoms with Gasteiger partial charge >= 0.3 is 6.18 Å². The van der Waals surface area contributed by atoms with Crippen molar-refractivity contribution in [2.75, 3.05) is 6.54 Å². The summed E-state index contributed by atoms with van der Waals surface area (Å²) in [5, 5.41) is 6.02. The van der Waals surface area contributed by atoms with Gasteiger partial charge in [0.25, 0.3) is 5.91 Å². The van der Waals surface area contributed by atoms with Crippen LogP contribution in [0.15, 0.2) is 36.4 Å². The second kappa shape index (κ2) is 13.3. The molecule has 4 heterocycles. The van der Waals surface area contributed by atoms with E-state index in [0.717, 1.165) is 16.5 Å². The SMILES string of the molecule is Cc1nc2ccccc2c2c1O[C@]1(CC2)C[C@H]2C(=O)N[C@]3(C(=O)NS(=O)(=O)C4(C)CC4)C[C@H]3C=CCCCCC[C@H](NC(=O)CC(F)(F)F)C(=O)N2C1. The van der Waals surface area contributed by atoms with Crippen molar-refractivity contribution in [2.45, 2.75) is 125 Å². The second-order valence-electron chi connectivity index (χ2n) is 15.6. The van der Waals surface area contributed by atoms with E-state index < -0.39 is 80.1 Å².